The number of piperidine rings is 1. The van der Waals surface area contributed by atoms with E-state index in [-0.39, 0.29) is 17.9 Å². The number of nitrogens with zero attached hydrogens (tertiary/aromatic N) is 5. The number of nitrogens with one attached hydrogen (secondary N) is 1. The minimum atomic E-state index is -0.236. The molecule has 26 heavy (non-hydrogen) atoms. The van der Waals surface area contributed by atoms with E-state index in [4.69, 9.17) is 4.52 Å². The summed E-state index contributed by atoms with van der Waals surface area (Å²) in [4.78, 5) is 9.10. The van der Waals surface area contributed by atoms with Crippen LogP contribution in [0.5, 0.6) is 0 Å². The Labute approximate surface area is 158 Å². The van der Waals surface area contributed by atoms with E-state index in [1.165, 1.54) is 12.8 Å². The van der Waals surface area contributed by atoms with Gasteiger partial charge in [-0.25, -0.2) is 9.67 Å². The standard InChI is InChI=1S/C18H22N6O.ClH/c1-12-10-13(2)24(22-12)15-7-6-14(11-19-15)16-21-17(25-23-16)18(3)8-4-5-9-20-18;/h6-7,10-11,20H,4-5,8-9H2,1-3H3;1H. The second-order valence-corrected chi connectivity index (χ2v) is 6.88. The van der Waals surface area contributed by atoms with Crippen LogP contribution in [0.2, 0.25) is 0 Å². The predicted octanol–water partition coefficient (Wildman–Crippen LogP) is 3.34. The third-order valence-electron chi connectivity index (χ3n) is 4.75. The van der Waals surface area contributed by atoms with Crippen molar-refractivity contribution in [1.82, 2.24) is 30.2 Å². The van der Waals surface area contributed by atoms with Gasteiger partial charge in [-0.05, 0) is 64.8 Å². The molecule has 4 rings (SSSR count). The molecule has 3 aromatic rings. The molecule has 7 nitrogen and oxygen atoms in total. The van der Waals surface area contributed by atoms with E-state index >= 15 is 0 Å². The van der Waals surface area contributed by atoms with E-state index in [9.17, 15) is 0 Å². The lowest BCUT2D eigenvalue weighted by Gasteiger charge is -2.31. The Balaban J connectivity index is 0.00000196. The van der Waals surface area contributed by atoms with Gasteiger partial charge in [0.15, 0.2) is 5.82 Å². The molecule has 8 heteroatoms. The topological polar surface area (TPSA) is 81.7 Å². The van der Waals surface area contributed by atoms with Crippen LogP contribution in [0.15, 0.2) is 28.9 Å². The van der Waals surface area contributed by atoms with Crippen LogP contribution in [0.25, 0.3) is 17.2 Å². The fourth-order valence-electron chi connectivity index (χ4n) is 3.31. The van der Waals surface area contributed by atoms with Crippen LogP contribution < -0.4 is 5.32 Å². The number of pyridine rings is 1. The molecule has 1 atom stereocenters. The Morgan fingerprint density at radius 2 is 2.08 bits per heavy atom. The van der Waals surface area contributed by atoms with E-state index in [1.54, 1.807) is 6.20 Å². The van der Waals surface area contributed by atoms with Crippen molar-refractivity contribution in [3.05, 3.63) is 41.7 Å². The monoisotopic (exact) mass is 374 g/mol. The van der Waals surface area contributed by atoms with Crippen LogP contribution in [0.1, 0.15) is 43.5 Å². The minimum absolute atomic E-state index is 0. The molecular formula is C18H23ClN6O. The second kappa shape index (κ2) is 7.17. The molecule has 138 valence electrons. The smallest absolute Gasteiger partial charge is 0.246 e. The van der Waals surface area contributed by atoms with Gasteiger partial charge in [-0.2, -0.15) is 10.1 Å². The lowest BCUT2D eigenvalue weighted by molar-refractivity contribution is 0.207. The van der Waals surface area contributed by atoms with Gasteiger partial charge in [0.2, 0.25) is 11.7 Å². The van der Waals surface area contributed by atoms with Gasteiger partial charge in [0.25, 0.3) is 0 Å². The lowest BCUT2D eigenvalue weighted by atomic mass is 9.91. The Hall–Kier alpha value is -2.25. The van der Waals surface area contributed by atoms with Gasteiger partial charge in [0.1, 0.15) is 0 Å². The van der Waals surface area contributed by atoms with Gasteiger partial charge in [0.05, 0.1) is 11.2 Å². The van der Waals surface area contributed by atoms with Gasteiger partial charge in [-0.3, -0.25) is 0 Å². The van der Waals surface area contributed by atoms with E-state index in [0.29, 0.717) is 11.7 Å². The number of halogens is 1. The molecule has 0 aromatic carbocycles. The molecule has 0 radical (unpaired) electrons. The number of hydrogen-bond acceptors (Lipinski definition) is 6. The first-order valence-corrected chi connectivity index (χ1v) is 8.64. The summed E-state index contributed by atoms with van der Waals surface area (Å²) in [6.45, 7) is 7.08. The fraction of sp³-hybridized carbons (Fsp3) is 0.444. The average molecular weight is 375 g/mol. The summed E-state index contributed by atoms with van der Waals surface area (Å²) in [6.07, 6.45) is 5.12. The molecule has 0 amide bonds. The molecule has 1 N–H and O–H groups in total. The predicted molar refractivity (Wildman–Crippen MR) is 101 cm³/mol. The molecule has 0 saturated carbocycles. The molecule has 1 aliphatic rings. The maximum absolute atomic E-state index is 5.53. The molecule has 1 fully saturated rings. The summed E-state index contributed by atoms with van der Waals surface area (Å²) in [6, 6.07) is 5.90. The van der Waals surface area contributed by atoms with Crippen molar-refractivity contribution in [3.8, 4) is 17.2 Å². The summed E-state index contributed by atoms with van der Waals surface area (Å²) in [5.74, 6) is 1.99. The average Bonchev–Trinajstić information content (AvgIpc) is 3.23. The van der Waals surface area contributed by atoms with Crippen molar-refractivity contribution in [2.24, 2.45) is 0 Å². The van der Waals surface area contributed by atoms with Crippen molar-refractivity contribution in [2.45, 2.75) is 45.6 Å². The fourth-order valence-corrected chi connectivity index (χ4v) is 3.31. The molecule has 0 bridgehead atoms. The van der Waals surface area contributed by atoms with Crippen LogP contribution >= 0.6 is 12.4 Å². The first-order chi connectivity index (χ1) is 12.0. The molecule has 0 aliphatic carbocycles. The number of aryl methyl sites for hydroxylation is 2. The van der Waals surface area contributed by atoms with Crippen LogP contribution in [0.4, 0.5) is 0 Å². The highest BCUT2D eigenvalue weighted by Crippen LogP contribution is 2.30. The largest absolute Gasteiger partial charge is 0.337 e. The third kappa shape index (κ3) is 3.37. The number of hydrogen-bond donors (Lipinski definition) is 1. The van der Waals surface area contributed by atoms with Crippen LogP contribution in [0.3, 0.4) is 0 Å². The van der Waals surface area contributed by atoms with E-state index < -0.39 is 0 Å². The SMILES string of the molecule is Cc1cc(C)n(-c2ccc(-c3noc(C4(C)CCCCN4)n3)cn2)n1.Cl. The zero-order valence-corrected chi connectivity index (χ0v) is 16.0. The van der Waals surface area contributed by atoms with E-state index in [0.717, 1.165) is 35.7 Å². The molecule has 1 saturated heterocycles. The Kier molecular flexibility index (Phi) is 5.11. The summed E-state index contributed by atoms with van der Waals surface area (Å²) < 4.78 is 7.36. The first kappa shape index (κ1) is 18.5. The van der Waals surface area contributed by atoms with Crippen molar-refractivity contribution >= 4 is 12.4 Å². The third-order valence-corrected chi connectivity index (χ3v) is 4.75. The summed E-state index contributed by atoms with van der Waals surface area (Å²) in [7, 11) is 0. The van der Waals surface area contributed by atoms with Gasteiger partial charge in [-0.15, -0.1) is 12.4 Å². The highest BCUT2D eigenvalue weighted by atomic mass is 35.5. The molecule has 1 unspecified atom stereocenters. The Bertz CT molecular complexity index is 879. The molecule has 1 aliphatic heterocycles. The second-order valence-electron chi connectivity index (χ2n) is 6.88. The lowest BCUT2D eigenvalue weighted by Crippen LogP contribution is -2.43. The Morgan fingerprint density at radius 3 is 2.69 bits per heavy atom. The van der Waals surface area contributed by atoms with Gasteiger partial charge in [0, 0.05) is 17.5 Å². The van der Waals surface area contributed by atoms with E-state index in [2.05, 4.69) is 32.5 Å². The zero-order chi connectivity index (χ0) is 17.4. The van der Waals surface area contributed by atoms with Gasteiger partial charge >= 0.3 is 0 Å². The summed E-state index contributed by atoms with van der Waals surface area (Å²) in [5, 5.41) is 12.1. The van der Waals surface area contributed by atoms with Crippen LogP contribution in [-0.4, -0.2) is 31.4 Å². The quantitative estimate of drug-likeness (QED) is 0.757. The normalized spacial score (nSPS) is 20.0. The van der Waals surface area contributed by atoms with Crippen LogP contribution in [-0.2, 0) is 5.54 Å². The first-order valence-electron chi connectivity index (χ1n) is 8.64. The van der Waals surface area contributed by atoms with Crippen molar-refractivity contribution in [1.29, 1.82) is 0 Å². The van der Waals surface area contributed by atoms with Crippen LogP contribution in [0, 0.1) is 13.8 Å². The highest BCUT2D eigenvalue weighted by molar-refractivity contribution is 5.85. The Morgan fingerprint density at radius 1 is 1.23 bits per heavy atom. The molecule has 0 spiro atoms. The van der Waals surface area contributed by atoms with Gasteiger partial charge < -0.3 is 9.84 Å². The number of rotatable bonds is 3. The maximum Gasteiger partial charge on any atom is 0.246 e. The zero-order valence-electron chi connectivity index (χ0n) is 15.2. The molecular weight excluding hydrogens is 352 g/mol. The summed E-state index contributed by atoms with van der Waals surface area (Å²) >= 11 is 0. The molecule has 3 aromatic heterocycles. The van der Waals surface area contributed by atoms with E-state index in [1.807, 2.05) is 36.7 Å². The number of aromatic nitrogens is 5. The maximum atomic E-state index is 5.53. The highest BCUT2D eigenvalue weighted by Gasteiger charge is 2.34. The van der Waals surface area contributed by atoms with Crippen molar-refractivity contribution in [3.63, 3.8) is 0 Å². The minimum Gasteiger partial charge on any atom is -0.337 e. The van der Waals surface area contributed by atoms with Crippen molar-refractivity contribution in [2.75, 3.05) is 6.54 Å². The molecule has 4 heterocycles. The van der Waals surface area contributed by atoms with Gasteiger partial charge in [-0.1, -0.05) is 5.16 Å². The van der Waals surface area contributed by atoms with Crippen molar-refractivity contribution < 1.29 is 4.52 Å². The summed E-state index contributed by atoms with van der Waals surface area (Å²) in [5.41, 5.74) is 2.62.